The summed E-state index contributed by atoms with van der Waals surface area (Å²) in [6.45, 7) is 0. The van der Waals surface area contributed by atoms with Crippen molar-refractivity contribution < 1.29 is 4.79 Å². The van der Waals surface area contributed by atoms with Gasteiger partial charge in [0, 0.05) is 11.6 Å². The van der Waals surface area contributed by atoms with Crippen LogP contribution in [0, 0.1) is 0 Å². The molecule has 0 radical (unpaired) electrons. The highest BCUT2D eigenvalue weighted by Crippen LogP contribution is 2.07. The molecule has 6 heteroatoms. The smallest absolute Gasteiger partial charge is 0.239 e. The Balaban J connectivity index is 0.000000136. The van der Waals surface area contributed by atoms with Crippen LogP contribution in [0.2, 0.25) is 0 Å². The summed E-state index contributed by atoms with van der Waals surface area (Å²) >= 11 is 0. The molecule has 2 aromatic rings. The summed E-state index contributed by atoms with van der Waals surface area (Å²) < 4.78 is 0. The van der Waals surface area contributed by atoms with Crippen molar-refractivity contribution in [2.24, 2.45) is 20.7 Å². The van der Waals surface area contributed by atoms with E-state index in [4.69, 9.17) is 0 Å². The zero-order chi connectivity index (χ0) is 11.9. The minimum absolute atomic E-state index is 0.569. The Kier molecular flexibility index (Phi) is 3.59. The van der Waals surface area contributed by atoms with Crippen molar-refractivity contribution in [2.45, 2.75) is 6.17 Å². The molecule has 0 amide bonds. The predicted molar refractivity (Wildman–Crippen MR) is 61.3 cm³/mol. The molecular formula is C11H9N5O. The van der Waals surface area contributed by atoms with Gasteiger partial charge in [-0.1, -0.05) is 24.3 Å². The number of hydrogen-bond acceptors (Lipinski definition) is 6. The number of fused-ring (bicyclic) bond motifs is 1. The summed E-state index contributed by atoms with van der Waals surface area (Å²) in [5, 5.41) is 13.9. The Morgan fingerprint density at radius 1 is 1.00 bits per heavy atom. The van der Waals surface area contributed by atoms with Gasteiger partial charge in [-0.15, -0.1) is 10.2 Å². The molecule has 6 nitrogen and oxygen atoms in total. The lowest BCUT2D eigenvalue weighted by Crippen LogP contribution is -1.94. The largest absolute Gasteiger partial charge is 0.299 e. The summed E-state index contributed by atoms with van der Waals surface area (Å²) in [5.74, 6) is 0. The summed E-state index contributed by atoms with van der Waals surface area (Å²) in [7, 11) is 0. The fourth-order valence-corrected chi connectivity index (χ4v) is 1.25. The molecule has 0 fully saturated rings. The first kappa shape index (κ1) is 11.0. The molecule has 2 heterocycles. The Labute approximate surface area is 97.1 Å². The van der Waals surface area contributed by atoms with E-state index >= 15 is 0 Å². The summed E-state index contributed by atoms with van der Waals surface area (Å²) in [6, 6.07) is 12.1. The standard InChI is InChI=1S/C9H7N.C2H2N4O/c1-2-6-9-8(4-1)5-3-7-10-9;7-1-2-3-5-6-4-2/h1-7H;1-2H. The molecule has 0 saturated carbocycles. The zero-order valence-corrected chi connectivity index (χ0v) is 8.84. The quantitative estimate of drug-likeness (QED) is 0.701. The monoisotopic (exact) mass is 227 g/mol. The molecule has 0 saturated heterocycles. The number of para-hydroxylation sites is 1. The van der Waals surface area contributed by atoms with Crippen LogP contribution in [-0.2, 0) is 4.79 Å². The number of aldehydes is 1. The van der Waals surface area contributed by atoms with E-state index in [0.29, 0.717) is 6.29 Å². The van der Waals surface area contributed by atoms with Gasteiger partial charge < -0.3 is 0 Å². The van der Waals surface area contributed by atoms with Crippen molar-refractivity contribution in [1.29, 1.82) is 0 Å². The second-order valence-electron chi connectivity index (χ2n) is 3.16. The lowest BCUT2D eigenvalue weighted by Gasteiger charge is -1.91. The van der Waals surface area contributed by atoms with Crippen LogP contribution >= 0.6 is 0 Å². The van der Waals surface area contributed by atoms with Gasteiger partial charge in [0.1, 0.15) is 0 Å². The summed E-state index contributed by atoms with van der Waals surface area (Å²) in [4.78, 5) is 13.9. The molecule has 1 aliphatic heterocycles. The number of pyridine rings is 1. The van der Waals surface area contributed by atoms with Crippen LogP contribution in [0.25, 0.3) is 10.9 Å². The Bertz CT molecular complexity index is 489. The maximum atomic E-state index is 9.70. The number of rotatable bonds is 1. The number of carbonyl (C=O) groups is 1. The van der Waals surface area contributed by atoms with E-state index in [-0.39, 0.29) is 0 Å². The van der Waals surface area contributed by atoms with Crippen LogP contribution in [0.15, 0.2) is 63.3 Å². The molecule has 0 aliphatic carbocycles. The topological polar surface area (TPSA) is 79.4 Å². The van der Waals surface area contributed by atoms with E-state index < -0.39 is 6.17 Å². The summed E-state index contributed by atoms with van der Waals surface area (Å²) in [6.07, 6.45) is 1.71. The normalized spacial score (nSPS) is 13.4. The van der Waals surface area contributed by atoms with Crippen molar-refractivity contribution in [1.82, 2.24) is 4.98 Å². The first-order valence-electron chi connectivity index (χ1n) is 4.95. The molecule has 0 spiro atoms. The Morgan fingerprint density at radius 3 is 2.35 bits per heavy atom. The third-order valence-corrected chi connectivity index (χ3v) is 2.01. The minimum Gasteiger partial charge on any atom is -0.299 e. The number of carbonyl (C=O) groups excluding carboxylic acids is 1. The second-order valence-corrected chi connectivity index (χ2v) is 3.16. The van der Waals surface area contributed by atoms with Crippen LogP contribution in [0.3, 0.4) is 0 Å². The third-order valence-electron chi connectivity index (χ3n) is 2.01. The molecule has 3 rings (SSSR count). The number of aromatic nitrogens is 1. The van der Waals surface area contributed by atoms with Crippen LogP contribution in [0.5, 0.6) is 0 Å². The summed E-state index contributed by atoms with van der Waals surface area (Å²) in [5.41, 5.74) is 1.06. The number of hydrogen-bond donors (Lipinski definition) is 0. The van der Waals surface area contributed by atoms with Gasteiger partial charge in [-0.3, -0.25) is 9.78 Å². The molecular weight excluding hydrogens is 218 g/mol. The maximum absolute atomic E-state index is 9.70. The Morgan fingerprint density at radius 2 is 1.71 bits per heavy atom. The molecule has 0 unspecified atom stereocenters. The van der Waals surface area contributed by atoms with Crippen molar-refractivity contribution in [3.8, 4) is 0 Å². The SMILES string of the molecule is O=CC1N=NN=N1.c1ccc2ncccc2c1. The molecule has 1 aromatic heterocycles. The minimum atomic E-state index is -0.667. The predicted octanol–water partition coefficient (Wildman–Crippen LogP) is 2.58. The lowest BCUT2D eigenvalue weighted by molar-refractivity contribution is -0.108. The van der Waals surface area contributed by atoms with Gasteiger partial charge in [-0.25, -0.2) is 0 Å². The van der Waals surface area contributed by atoms with Crippen molar-refractivity contribution in [2.75, 3.05) is 0 Å². The lowest BCUT2D eigenvalue weighted by atomic mass is 10.2. The van der Waals surface area contributed by atoms with Gasteiger partial charge in [-0.05, 0) is 22.6 Å². The second kappa shape index (κ2) is 5.55. The molecule has 17 heavy (non-hydrogen) atoms. The van der Waals surface area contributed by atoms with Crippen molar-refractivity contribution >= 4 is 17.2 Å². The van der Waals surface area contributed by atoms with Gasteiger partial charge >= 0.3 is 0 Å². The first-order chi connectivity index (χ1) is 8.40. The maximum Gasteiger partial charge on any atom is 0.239 e. The van der Waals surface area contributed by atoms with E-state index in [1.807, 2.05) is 30.5 Å². The fraction of sp³-hybridized carbons (Fsp3) is 0.0909. The van der Waals surface area contributed by atoms with E-state index in [0.717, 1.165) is 5.52 Å². The highest BCUT2D eigenvalue weighted by atomic mass is 16.1. The van der Waals surface area contributed by atoms with Crippen LogP contribution in [0.4, 0.5) is 0 Å². The third kappa shape index (κ3) is 2.97. The average Bonchev–Trinajstić information content (AvgIpc) is 2.93. The van der Waals surface area contributed by atoms with Crippen LogP contribution in [-0.4, -0.2) is 17.4 Å². The van der Waals surface area contributed by atoms with E-state index in [1.165, 1.54) is 5.39 Å². The highest BCUT2D eigenvalue weighted by Gasteiger charge is 2.03. The molecule has 1 aromatic carbocycles. The number of benzene rings is 1. The van der Waals surface area contributed by atoms with Gasteiger partial charge in [0.05, 0.1) is 5.52 Å². The Hall–Kier alpha value is -2.50. The molecule has 84 valence electrons. The van der Waals surface area contributed by atoms with Crippen molar-refractivity contribution in [3.05, 3.63) is 42.6 Å². The molecule has 0 bridgehead atoms. The van der Waals surface area contributed by atoms with E-state index in [1.54, 1.807) is 0 Å². The van der Waals surface area contributed by atoms with Gasteiger partial charge in [-0.2, -0.15) is 0 Å². The average molecular weight is 227 g/mol. The number of nitrogens with zero attached hydrogens (tertiary/aromatic N) is 5. The van der Waals surface area contributed by atoms with E-state index in [9.17, 15) is 4.79 Å². The molecule has 1 aliphatic rings. The first-order valence-corrected chi connectivity index (χ1v) is 4.95. The van der Waals surface area contributed by atoms with Gasteiger partial charge in [0.25, 0.3) is 0 Å². The fourth-order valence-electron chi connectivity index (χ4n) is 1.25. The van der Waals surface area contributed by atoms with Crippen LogP contribution in [0.1, 0.15) is 0 Å². The highest BCUT2D eigenvalue weighted by molar-refractivity contribution is 5.77. The van der Waals surface area contributed by atoms with Gasteiger partial charge in [0.2, 0.25) is 6.17 Å². The van der Waals surface area contributed by atoms with Crippen LogP contribution < -0.4 is 0 Å². The zero-order valence-electron chi connectivity index (χ0n) is 8.84. The van der Waals surface area contributed by atoms with Crippen molar-refractivity contribution in [3.63, 3.8) is 0 Å². The molecule has 0 N–H and O–H groups in total. The van der Waals surface area contributed by atoms with Gasteiger partial charge in [0.15, 0.2) is 6.29 Å². The van der Waals surface area contributed by atoms with E-state index in [2.05, 4.69) is 37.8 Å². The molecule has 0 atom stereocenters.